The molecular weight excluding hydrogens is 370 g/mol. The van der Waals surface area contributed by atoms with E-state index in [1.54, 1.807) is 23.5 Å². The fraction of sp³-hybridized carbons (Fsp3) is 0.273. The topological polar surface area (TPSA) is 54.5 Å². The Balaban J connectivity index is 1.39. The first kappa shape index (κ1) is 18.8. The second-order valence-corrected chi connectivity index (χ2v) is 7.67. The zero-order valence-corrected chi connectivity index (χ0v) is 16.4. The molecule has 1 aliphatic heterocycles. The second kappa shape index (κ2) is 9.10. The van der Waals surface area contributed by atoms with Gasteiger partial charge in [-0.05, 0) is 29.7 Å². The predicted molar refractivity (Wildman–Crippen MR) is 113 cm³/mol. The Kier molecular flexibility index (Phi) is 6.11. The third kappa shape index (κ3) is 4.65. The van der Waals surface area contributed by atoms with Crippen LogP contribution in [0.4, 0.5) is 0 Å². The van der Waals surface area contributed by atoms with Gasteiger partial charge in [0.1, 0.15) is 0 Å². The first-order valence-electron chi connectivity index (χ1n) is 9.46. The average molecular weight is 394 g/mol. The number of para-hydroxylation sites is 1. The van der Waals surface area contributed by atoms with Gasteiger partial charge >= 0.3 is 0 Å². The van der Waals surface area contributed by atoms with Gasteiger partial charge in [0, 0.05) is 36.0 Å². The highest BCUT2D eigenvalue weighted by molar-refractivity contribution is 7.10. The van der Waals surface area contributed by atoms with Gasteiger partial charge in [-0.2, -0.15) is 0 Å². The molecule has 0 aliphatic carbocycles. The molecule has 1 N–H and O–H groups in total. The number of morpholine rings is 1. The van der Waals surface area contributed by atoms with Crippen LogP contribution in [0.25, 0.3) is 17.0 Å². The van der Waals surface area contributed by atoms with Crippen LogP contribution in [0.1, 0.15) is 16.6 Å². The number of carbonyl (C=O) groups excluding carboxylic acids is 1. The zero-order valence-electron chi connectivity index (χ0n) is 15.6. The average Bonchev–Trinajstić information content (AvgIpc) is 3.27. The van der Waals surface area contributed by atoms with Gasteiger partial charge in [-0.25, -0.2) is 4.98 Å². The molecule has 1 aliphatic rings. The van der Waals surface area contributed by atoms with E-state index in [2.05, 4.69) is 32.7 Å². The Morgan fingerprint density at radius 2 is 2.04 bits per heavy atom. The minimum atomic E-state index is -0.107. The summed E-state index contributed by atoms with van der Waals surface area (Å²) in [6.07, 6.45) is 3.32. The summed E-state index contributed by atoms with van der Waals surface area (Å²) in [6, 6.07) is 16.3. The van der Waals surface area contributed by atoms with E-state index in [1.165, 1.54) is 4.88 Å². The SMILES string of the molecule is O=C(/C=C/c1ccc2ccccc2n1)NCC(c1cccs1)N1CCOCC1. The third-order valence-corrected chi connectivity index (χ3v) is 5.83. The van der Waals surface area contributed by atoms with E-state index in [-0.39, 0.29) is 11.9 Å². The molecule has 28 heavy (non-hydrogen) atoms. The van der Waals surface area contributed by atoms with Crippen LogP contribution < -0.4 is 5.32 Å². The number of aromatic nitrogens is 1. The number of pyridine rings is 1. The van der Waals surface area contributed by atoms with Crippen molar-refractivity contribution < 1.29 is 9.53 Å². The standard InChI is InChI=1S/C22H23N3O2S/c26-22(10-9-18-8-7-17-4-1-2-5-19(17)24-18)23-16-20(21-6-3-15-28-21)25-11-13-27-14-12-25/h1-10,15,20H,11-14,16H2,(H,23,26)/b10-9+. The molecule has 6 heteroatoms. The van der Waals surface area contributed by atoms with Crippen LogP contribution in [-0.4, -0.2) is 48.6 Å². The molecule has 144 valence electrons. The molecule has 1 aromatic carbocycles. The molecule has 1 atom stereocenters. The molecular formula is C22H23N3O2S. The molecule has 1 fully saturated rings. The minimum absolute atomic E-state index is 0.107. The van der Waals surface area contributed by atoms with Gasteiger partial charge in [0.15, 0.2) is 0 Å². The molecule has 3 aromatic rings. The number of carbonyl (C=O) groups is 1. The van der Waals surface area contributed by atoms with E-state index in [0.717, 1.165) is 42.9 Å². The number of benzene rings is 1. The summed E-state index contributed by atoms with van der Waals surface area (Å²) in [7, 11) is 0. The first-order valence-corrected chi connectivity index (χ1v) is 10.3. The van der Waals surface area contributed by atoms with Gasteiger partial charge < -0.3 is 10.1 Å². The van der Waals surface area contributed by atoms with Gasteiger partial charge in [-0.3, -0.25) is 9.69 Å². The predicted octanol–water partition coefficient (Wildman–Crippen LogP) is 3.50. The maximum absolute atomic E-state index is 12.4. The molecule has 0 spiro atoms. The molecule has 0 bridgehead atoms. The van der Waals surface area contributed by atoms with Crippen LogP contribution in [0.3, 0.4) is 0 Å². The molecule has 1 unspecified atom stereocenters. The highest BCUT2D eigenvalue weighted by atomic mass is 32.1. The van der Waals surface area contributed by atoms with Gasteiger partial charge in [-0.1, -0.05) is 30.3 Å². The fourth-order valence-corrected chi connectivity index (χ4v) is 4.23. The third-order valence-electron chi connectivity index (χ3n) is 4.85. The monoisotopic (exact) mass is 393 g/mol. The fourth-order valence-electron chi connectivity index (χ4n) is 3.37. The zero-order chi connectivity index (χ0) is 19.2. The molecule has 1 amide bonds. The van der Waals surface area contributed by atoms with Gasteiger partial charge in [0.2, 0.25) is 5.91 Å². The lowest BCUT2D eigenvalue weighted by atomic mass is 10.2. The van der Waals surface area contributed by atoms with Crippen molar-refractivity contribution in [2.75, 3.05) is 32.8 Å². The van der Waals surface area contributed by atoms with Gasteiger partial charge in [0.25, 0.3) is 0 Å². The number of amides is 1. The summed E-state index contributed by atoms with van der Waals surface area (Å²) in [6.45, 7) is 3.83. The lowest BCUT2D eigenvalue weighted by Gasteiger charge is -2.34. The van der Waals surface area contributed by atoms with E-state index in [9.17, 15) is 4.79 Å². The number of fused-ring (bicyclic) bond motifs is 1. The van der Waals surface area contributed by atoms with Crippen molar-refractivity contribution in [2.24, 2.45) is 0 Å². The second-order valence-electron chi connectivity index (χ2n) is 6.69. The summed E-state index contributed by atoms with van der Waals surface area (Å²) in [5.74, 6) is -0.107. The Morgan fingerprint density at radius 1 is 1.18 bits per heavy atom. The van der Waals surface area contributed by atoms with Crippen LogP contribution in [-0.2, 0) is 9.53 Å². The number of ether oxygens (including phenoxy) is 1. The van der Waals surface area contributed by atoms with E-state index >= 15 is 0 Å². The van der Waals surface area contributed by atoms with Crippen molar-refractivity contribution >= 4 is 34.2 Å². The molecule has 5 nitrogen and oxygen atoms in total. The lowest BCUT2D eigenvalue weighted by molar-refractivity contribution is -0.116. The summed E-state index contributed by atoms with van der Waals surface area (Å²) >= 11 is 1.73. The van der Waals surface area contributed by atoms with Gasteiger partial charge in [-0.15, -0.1) is 11.3 Å². The van der Waals surface area contributed by atoms with E-state index < -0.39 is 0 Å². The smallest absolute Gasteiger partial charge is 0.244 e. The van der Waals surface area contributed by atoms with Crippen molar-refractivity contribution in [3.8, 4) is 0 Å². The first-order chi connectivity index (χ1) is 13.8. The summed E-state index contributed by atoms with van der Waals surface area (Å²) in [5.41, 5.74) is 1.70. The number of nitrogens with zero attached hydrogens (tertiary/aromatic N) is 2. The maximum Gasteiger partial charge on any atom is 0.244 e. The number of thiophene rings is 1. The van der Waals surface area contributed by atoms with Crippen LogP contribution in [0.5, 0.6) is 0 Å². The maximum atomic E-state index is 12.4. The normalized spacial score (nSPS) is 16.4. The van der Waals surface area contributed by atoms with E-state index in [0.29, 0.717) is 6.54 Å². The molecule has 3 heterocycles. The Bertz CT molecular complexity index is 949. The highest BCUT2D eigenvalue weighted by Crippen LogP contribution is 2.25. The van der Waals surface area contributed by atoms with Crippen LogP contribution in [0.15, 0.2) is 60.0 Å². The largest absolute Gasteiger partial charge is 0.379 e. The number of rotatable bonds is 6. The summed E-state index contributed by atoms with van der Waals surface area (Å²) in [4.78, 5) is 20.6. The van der Waals surface area contributed by atoms with Crippen molar-refractivity contribution in [3.05, 3.63) is 70.6 Å². The van der Waals surface area contributed by atoms with Crippen LogP contribution >= 0.6 is 11.3 Å². The Morgan fingerprint density at radius 3 is 2.86 bits per heavy atom. The van der Waals surface area contributed by atoms with Crippen molar-refractivity contribution in [2.45, 2.75) is 6.04 Å². The number of hydrogen-bond donors (Lipinski definition) is 1. The van der Waals surface area contributed by atoms with Crippen molar-refractivity contribution in [1.29, 1.82) is 0 Å². The molecule has 0 radical (unpaired) electrons. The quantitative estimate of drug-likeness (QED) is 0.652. The van der Waals surface area contributed by atoms with Crippen LogP contribution in [0, 0.1) is 0 Å². The molecule has 2 aromatic heterocycles. The van der Waals surface area contributed by atoms with Crippen molar-refractivity contribution in [3.63, 3.8) is 0 Å². The Labute approximate surface area is 168 Å². The van der Waals surface area contributed by atoms with Crippen molar-refractivity contribution in [1.82, 2.24) is 15.2 Å². The number of nitrogens with one attached hydrogen (secondary N) is 1. The van der Waals surface area contributed by atoms with Crippen LogP contribution in [0.2, 0.25) is 0 Å². The molecule has 4 rings (SSSR count). The highest BCUT2D eigenvalue weighted by Gasteiger charge is 2.23. The number of hydrogen-bond acceptors (Lipinski definition) is 5. The molecule has 0 saturated carbocycles. The lowest BCUT2D eigenvalue weighted by Crippen LogP contribution is -2.43. The van der Waals surface area contributed by atoms with Gasteiger partial charge in [0.05, 0.1) is 30.5 Å². The summed E-state index contributed by atoms with van der Waals surface area (Å²) < 4.78 is 5.47. The van der Waals surface area contributed by atoms with E-state index in [4.69, 9.17) is 4.74 Å². The van der Waals surface area contributed by atoms with E-state index in [1.807, 2.05) is 36.4 Å². The minimum Gasteiger partial charge on any atom is -0.379 e. The summed E-state index contributed by atoms with van der Waals surface area (Å²) in [5, 5.41) is 6.22. The molecule has 1 saturated heterocycles. The Hall–Kier alpha value is -2.54.